The number of rotatable bonds is 2. The predicted molar refractivity (Wildman–Crippen MR) is 85.6 cm³/mol. The number of hydrogen-bond acceptors (Lipinski definition) is 2. The van der Waals surface area contributed by atoms with Crippen LogP contribution in [0.15, 0.2) is 23.2 Å². The highest BCUT2D eigenvalue weighted by Gasteiger charge is 2.50. The van der Waals surface area contributed by atoms with Gasteiger partial charge in [-0.15, -0.1) is 0 Å². The van der Waals surface area contributed by atoms with E-state index in [1.54, 1.807) is 0 Å². The van der Waals surface area contributed by atoms with E-state index in [9.17, 15) is 0 Å². The lowest BCUT2D eigenvalue weighted by Crippen LogP contribution is -2.41. The molecule has 1 heterocycles. The molecule has 0 radical (unpaired) electrons. The van der Waals surface area contributed by atoms with Gasteiger partial charge in [-0.25, -0.2) is 0 Å². The first kappa shape index (κ1) is 15.8. The molecule has 1 saturated heterocycles. The van der Waals surface area contributed by atoms with Crippen LogP contribution in [0, 0.1) is 5.41 Å². The zero-order valence-electron chi connectivity index (χ0n) is 14.2. The molecule has 0 saturated carbocycles. The fourth-order valence-electron chi connectivity index (χ4n) is 3.15. The molecular formula is C17H29BO2. The molecule has 0 aromatic rings. The van der Waals surface area contributed by atoms with Gasteiger partial charge in [0, 0.05) is 0 Å². The molecule has 0 amide bonds. The van der Waals surface area contributed by atoms with Crippen molar-refractivity contribution < 1.29 is 9.31 Å². The molecule has 1 fully saturated rings. The smallest absolute Gasteiger partial charge is 0.400 e. The van der Waals surface area contributed by atoms with E-state index in [1.165, 1.54) is 30.4 Å². The zero-order chi connectivity index (χ0) is 15.2. The lowest BCUT2D eigenvalue weighted by Gasteiger charge is -2.33. The number of hydrogen-bond donors (Lipinski definition) is 0. The average Bonchev–Trinajstić information content (AvgIpc) is 2.45. The molecule has 0 N–H and O–H groups in total. The third-order valence-electron chi connectivity index (χ3n) is 5.23. The number of allylic oxidation sites excluding steroid dienone is 3. The summed E-state index contributed by atoms with van der Waals surface area (Å²) < 4.78 is 12.1. The van der Waals surface area contributed by atoms with Crippen LogP contribution in [0.3, 0.4) is 0 Å². The van der Waals surface area contributed by atoms with Gasteiger partial charge in [0.25, 0.3) is 0 Å². The summed E-state index contributed by atoms with van der Waals surface area (Å²) in [5.41, 5.74) is 2.72. The first-order valence-corrected chi connectivity index (χ1v) is 7.79. The average molecular weight is 276 g/mol. The first-order valence-electron chi connectivity index (χ1n) is 7.79. The van der Waals surface area contributed by atoms with Crippen LogP contribution in [0.25, 0.3) is 0 Å². The third-order valence-corrected chi connectivity index (χ3v) is 5.23. The molecule has 0 bridgehead atoms. The Morgan fingerprint density at radius 1 is 1.00 bits per heavy atom. The lowest BCUT2D eigenvalue weighted by atomic mass is 9.71. The summed E-state index contributed by atoms with van der Waals surface area (Å²) in [5.74, 6) is 2.09. The van der Waals surface area contributed by atoms with Crippen molar-refractivity contribution in [2.24, 2.45) is 5.41 Å². The van der Waals surface area contributed by atoms with Crippen molar-refractivity contribution in [1.82, 2.24) is 0 Å². The van der Waals surface area contributed by atoms with Crippen LogP contribution in [0.4, 0.5) is 0 Å². The maximum Gasteiger partial charge on any atom is 0.487 e. The maximum absolute atomic E-state index is 6.03. The summed E-state index contributed by atoms with van der Waals surface area (Å²) in [7, 11) is -0.238. The molecule has 2 nitrogen and oxygen atoms in total. The van der Waals surface area contributed by atoms with Gasteiger partial charge < -0.3 is 9.31 Å². The Morgan fingerprint density at radius 3 is 2.05 bits per heavy atom. The second-order valence-corrected chi connectivity index (χ2v) is 7.92. The minimum absolute atomic E-state index is 0.238. The Balaban J connectivity index is 2.15. The van der Waals surface area contributed by atoms with Crippen LogP contribution in [-0.4, -0.2) is 18.3 Å². The van der Waals surface area contributed by atoms with Crippen LogP contribution < -0.4 is 0 Å². The van der Waals surface area contributed by atoms with E-state index < -0.39 is 0 Å². The fourth-order valence-corrected chi connectivity index (χ4v) is 3.15. The second-order valence-electron chi connectivity index (χ2n) is 7.92. The van der Waals surface area contributed by atoms with Gasteiger partial charge in [0.1, 0.15) is 0 Å². The quantitative estimate of drug-likeness (QED) is 0.680. The molecule has 0 atom stereocenters. The van der Waals surface area contributed by atoms with E-state index in [1.807, 2.05) is 0 Å². The van der Waals surface area contributed by atoms with Crippen LogP contribution in [-0.2, 0) is 9.31 Å². The monoisotopic (exact) mass is 276 g/mol. The molecule has 1 aliphatic heterocycles. The summed E-state index contributed by atoms with van der Waals surface area (Å²) >= 11 is 0. The largest absolute Gasteiger partial charge is 0.487 e. The first-order chi connectivity index (χ1) is 9.05. The van der Waals surface area contributed by atoms with E-state index in [-0.39, 0.29) is 23.7 Å². The van der Waals surface area contributed by atoms with Crippen LogP contribution in [0.2, 0.25) is 0 Å². The predicted octanol–water partition coefficient (Wildman–Crippen LogP) is 4.70. The molecule has 2 rings (SSSR count). The topological polar surface area (TPSA) is 18.5 Å². The van der Waals surface area contributed by atoms with Crippen LogP contribution in [0.5, 0.6) is 0 Å². The van der Waals surface area contributed by atoms with Crippen molar-refractivity contribution in [3.63, 3.8) is 0 Å². The molecular weight excluding hydrogens is 247 g/mol. The zero-order valence-corrected chi connectivity index (χ0v) is 14.2. The Bertz CT molecular complexity index is 428. The molecule has 1 aliphatic carbocycles. The van der Waals surface area contributed by atoms with Gasteiger partial charge in [-0.3, -0.25) is 0 Å². The standard InChI is InChI=1S/C17H29BO2/c1-13-9-8-11-15(2,3)14(13)10-12-18-19-16(4,5)17(6,7)20-18/h10,12H,8-9,11H2,1-7H3/b12-10+. The maximum atomic E-state index is 6.03. The molecule has 0 aromatic heterocycles. The van der Waals surface area contributed by atoms with Crippen molar-refractivity contribution >= 4 is 7.12 Å². The van der Waals surface area contributed by atoms with Crippen molar-refractivity contribution in [2.75, 3.05) is 0 Å². The Morgan fingerprint density at radius 2 is 1.55 bits per heavy atom. The Labute approximate surface area is 124 Å². The highest BCUT2D eigenvalue weighted by atomic mass is 16.7. The lowest BCUT2D eigenvalue weighted by molar-refractivity contribution is 0.00578. The minimum atomic E-state index is -0.256. The van der Waals surface area contributed by atoms with E-state index in [2.05, 4.69) is 60.5 Å². The van der Waals surface area contributed by atoms with Gasteiger partial charge in [0.15, 0.2) is 0 Å². The van der Waals surface area contributed by atoms with Gasteiger partial charge in [-0.2, -0.15) is 0 Å². The SMILES string of the molecule is CC1=C(/C=C/B2OC(C)(C)C(C)(C)O2)C(C)(C)CCC1. The van der Waals surface area contributed by atoms with E-state index in [0.717, 1.165) is 0 Å². The Kier molecular flexibility index (Phi) is 3.98. The summed E-state index contributed by atoms with van der Waals surface area (Å²) in [6.45, 7) is 15.3. The van der Waals surface area contributed by atoms with E-state index in [4.69, 9.17) is 9.31 Å². The van der Waals surface area contributed by atoms with E-state index >= 15 is 0 Å². The molecule has 3 heteroatoms. The van der Waals surface area contributed by atoms with Gasteiger partial charge >= 0.3 is 7.12 Å². The van der Waals surface area contributed by atoms with Crippen LogP contribution >= 0.6 is 0 Å². The van der Waals surface area contributed by atoms with Crippen molar-refractivity contribution in [2.45, 2.75) is 78.9 Å². The van der Waals surface area contributed by atoms with Gasteiger partial charge in [-0.1, -0.05) is 31.5 Å². The highest BCUT2D eigenvalue weighted by Crippen LogP contribution is 2.41. The summed E-state index contributed by atoms with van der Waals surface area (Å²) in [6, 6.07) is 0. The minimum Gasteiger partial charge on any atom is -0.400 e. The van der Waals surface area contributed by atoms with Gasteiger partial charge in [0.2, 0.25) is 0 Å². The fraction of sp³-hybridized carbons (Fsp3) is 0.765. The Hall–Kier alpha value is -0.535. The summed E-state index contributed by atoms with van der Waals surface area (Å²) in [5, 5.41) is 0. The highest BCUT2D eigenvalue weighted by molar-refractivity contribution is 6.51. The van der Waals surface area contributed by atoms with Crippen LogP contribution in [0.1, 0.15) is 67.7 Å². The summed E-state index contributed by atoms with van der Waals surface area (Å²) in [6.07, 6.45) is 6.00. The van der Waals surface area contributed by atoms with Crippen molar-refractivity contribution in [1.29, 1.82) is 0 Å². The van der Waals surface area contributed by atoms with E-state index in [0.29, 0.717) is 0 Å². The third kappa shape index (κ3) is 2.89. The second kappa shape index (κ2) is 5.03. The molecule has 0 aromatic carbocycles. The molecule has 2 aliphatic rings. The molecule has 20 heavy (non-hydrogen) atoms. The summed E-state index contributed by atoms with van der Waals surface area (Å²) in [4.78, 5) is 0. The van der Waals surface area contributed by atoms with Crippen molar-refractivity contribution in [3.05, 3.63) is 23.2 Å². The van der Waals surface area contributed by atoms with Crippen molar-refractivity contribution in [3.8, 4) is 0 Å². The molecule has 0 unspecified atom stereocenters. The normalized spacial score (nSPS) is 28.4. The molecule has 112 valence electrons. The van der Waals surface area contributed by atoms with Gasteiger partial charge in [-0.05, 0) is 64.9 Å². The van der Waals surface area contributed by atoms with Gasteiger partial charge in [0.05, 0.1) is 11.2 Å². The molecule has 0 spiro atoms.